The van der Waals surface area contributed by atoms with Crippen molar-refractivity contribution in [3.05, 3.63) is 41.2 Å². The Morgan fingerprint density at radius 2 is 2.26 bits per heavy atom. The zero-order valence-electron chi connectivity index (χ0n) is 13.7. The van der Waals surface area contributed by atoms with Crippen molar-refractivity contribution >= 4 is 5.91 Å². The van der Waals surface area contributed by atoms with E-state index in [2.05, 4.69) is 27.3 Å². The lowest BCUT2D eigenvalue weighted by Crippen LogP contribution is -2.34. The average Bonchev–Trinajstić information content (AvgIpc) is 3.19. The SMILES string of the molecule is CC[C@@H](C(=O)NCCc1nc(C)c2c(n1)CCC2)n1cccn1. The van der Waals surface area contributed by atoms with Crippen LogP contribution in [0.2, 0.25) is 0 Å². The quantitative estimate of drug-likeness (QED) is 0.882. The molecule has 0 bridgehead atoms. The number of nitrogens with one attached hydrogen (secondary N) is 1. The van der Waals surface area contributed by atoms with E-state index < -0.39 is 0 Å². The summed E-state index contributed by atoms with van der Waals surface area (Å²) in [5.41, 5.74) is 3.61. The molecule has 1 atom stereocenters. The molecule has 6 heteroatoms. The van der Waals surface area contributed by atoms with Gasteiger partial charge in [0.05, 0.1) is 0 Å². The summed E-state index contributed by atoms with van der Waals surface area (Å²) in [7, 11) is 0. The van der Waals surface area contributed by atoms with E-state index in [9.17, 15) is 4.79 Å². The number of hydrogen-bond acceptors (Lipinski definition) is 4. The highest BCUT2D eigenvalue weighted by atomic mass is 16.2. The van der Waals surface area contributed by atoms with E-state index in [0.717, 1.165) is 24.4 Å². The van der Waals surface area contributed by atoms with Gasteiger partial charge >= 0.3 is 0 Å². The van der Waals surface area contributed by atoms with E-state index in [1.807, 2.05) is 19.2 Å². The Bertz CT molecular complexity index is 681. The molecule has 3 rings (SSSR count). The van der Waals surface area contributed by atoms with E-state index in [4.69, 9.17) is 0 Å². The molecule has 0 aliphatic heterocycles. The number of carbonyl (C=O) groups is 1. The highest BCUT2D eigenvalue weighted by molar-refractivity contribution is 5.80. The van der Waals surface area contributed by atoms with Crippen LogP contribution in [-0.4, -0.2) is 32.2 Å². The molecule has 1 amide bonds. The molecule has 0 aromatic carbocycles. The molecule has 0 spiro atoms. The Labute approximate surface area is 136 Å². The van der Waals surface area contributed by atoms with E-state index in [-0.39, 0.29) is 11.9 Å². The summed E-state index contributed by atoms with van der Waals surface area (Å²) < 4.78 is 1.70. The topological polar surface area (TPSA) is 72.7 Å². The van der Waals surface area contributed by atoms with Gasteiger partial charge in [0.15, 0.2) is 0 Å². The third-order valence-corrected chi connectivity index (χ3v) is 4.37. The van der Waals surface area contributed by atoms with Crippen molar-refractivity contribution in [1.82, 2.24) is 25.1 Å². The summed E-state index contributed by atoms with van der Waals surface area (Å²) in [6, 6.07) is 1.57. The van der Waals surface area contributed by atoms with Crippen LogP contribution in [-0.2, 0) is 24.1 Å². The van der Waals surface area contributed by atoms with Gasteiger partial charge in [0.2, 0.25) is 5.91 Å². The van der Waals surface area contributed by atoms with Crippen molar-refractivity contribution < 1.29 is 4.79 Å². The lowest BCUT2D eigenvalue weighted by Gasteiger charge is -2.15. The van der Waals surface area contributed by atoms with Crippen molar-refractivity contribution in [2.45, 2.75) is 52.0 Å². The highest BCUT2D eigenvalue weighted by Crippen LogP contribution is 2.22. The Hall–Kier alpha value is -2.24. The number of fused-ring (bicyclic) bond motifs is 1. The smallest absolute Gasteiger partial charge is 0.244 e. The fraction of sp³-hybridized carbons (Fsp3) is 0.529. The molecule has 122 valence electrons. The maximum atomic E-state index is 12.3. The summed E-state index contributed by atoms with van der Waals surface area (Å²) in [5, 5.41) is 7.13. The predicted molar refractivity (Wildman–Crippen MR) is 87.1 cm³/mol. The number of aryl methyl sites for hydroxylation is 2. The average molecular weight is 313 g/mol. The molecule has 2 heterocycles. The van der Waals surface area contributed by atoms with Crippen LogP contribution in [0.4, 0.5) is 0 Å². The minimum absolute atomic E-state index is 0.00548. The lowest BCUT2D eigenvalue weighted by molar-refractivity contribution is -0.124. The van der Waals surface area contributed by atoms with Crippen molar-refractivity contribution in [3.8, 4) is 0 Å². The zero-order valence-corrected chi connectivity index (χ0v) is 13.7. The monoisotopic (exact) mass is 313 g/mol. The molecular weight excluding hydrogens is 290 g/mol. The van der Waals surface area contributed by atoms with Crippen LogP contribution in [0.5, 0.6) is 0 Å². The third kappa shape index (κ3) is 3.41. The number of rotatable bonds is 6. The van der Waals surface area contributed by atoms with E-state index in [1.165, 1.54) is 17.7 Å². The van der Waals surface area contributed by atoms with Crippen LogP contribution in [0.1, 0.15) is 48.6 Å². The fourth-order valence-electron chi connectivity index (χ4n) is 3.17. The molecular formula is C17H23N5O. The third-order valence-electron chi connectivity index (χ3n) is 4.37. The van der Waals surface area contributed by atoms with Gasteiger partial charge in [-0.2, -0.15) is 5.10 Å². The number of nitrogens with zero attached hydrogens (tertiary/aromatic N) is 4. The molecule has 1 N–H and O–H groups in total. The largest absolute Gasteiger partial charge is 0.354 e. The van der Waals surface area contributed by atoms with Crippen molar-refractivity contribution in [1.29, 1.82) is 0 Å². The number of amides is 1. The second kappa shape index (κ2) is 6.89. The first kappa shape index (κ1) is 15.6. The van der Waals surface area contributed by atoms with Gasteiger partial charge in [0, 0.05) is 36.7 Å². The van der Waals surface area contributed by atoms with Crippen LogP contribution in [0.25, 0.3) is 0 Å². The van der Waals surface area contributed by atoms with Crippen molar-refractivity contribution in [2.75, 3.05) is 6.54 Å². The Balaban J connectivity index is 1.57. The minimum atomic E-state index is -0.257. The maximum Gasteiger partial charge on any atom is 0.244 e. The Morgan fingerprint density at radius 1 is 1.39 bits per heavy atom. The summed E-state index contributed by atoms with van der Waals surface area (Å²) in [4.78, 5) is 21.5. The standard InChI is InChI=1S/C17H23N5O/c1-3-15(22-11-5-9-19-22)17(23)18-10-8-16-20-12(2)13-6-4-7-14(13)21-16/h5,9,11,15H,3-4,6-8,10H2,1-2H3,(H,18,23)/t15-/m0/s1. The summed E-state index contributed by atoms with van der Waals surface area (Å²) in [6.45, 7) is 4.59. The van der Waals surface area contributed by atoms with Crippen LogP contribution in [0, 0.1) is 6.92 Å². The number of aromatic nitrogens is 4. The van der Waals surface area contributed by atoms with Crippen molar-refractivity contribution in [2.24, 2.45) is 0 Å². The normalized spacial score (nSPS) is 14.5. The molecule has 2 aromatic heterocycles. The van der Waals surface area contributed by atoms with Gasteiger partial charge in [0.1, 0.15) is 11.9 Å². The van der Waals surface area contributed by atoms with Gasteiger partial charge in [-0.1, -0.05) is 6.92 Å². The van der Waals surface area contributed by atoms with Gasteiger partial charge in [-0.3, -0.25) is 9.48 Å². The van der Waals surface area contributed by atoms with Crippen LogP contribution in [0.15, 0.2) is 18.5 Å². The summed E-state index contributed by atoms with van der Waals surface area (Å²) in [5.74, 6) is 0.824. The van der Waals surface area contributed by atoms with Gasteiger partial charge in [-0.25, -0.2) is 9.97 Å². The lowest BCUT2D eigenvalue weighted by atomic mass is 10.2. The van der Waals surface area contributed by atoms with E-state index in [0.29, 0.717) is 19.4 Å². The second-order valence-electron chi connectivity index (χ2n) is 5.96. The molecule has 0 saturated carbocycles. The molecule has 0 radical (unpaired) electrons. The van der Waals surface area contributed by atoms with Crippen LogP contribution >= 0.6 is 0 Å². The van der Waals surface area contributed by atoms with E-state index in [1.54, 1.807) is 10.9 Å². The molecule has 0 fully saturated rings. The first-order chi connectivity index (χ1) is 11.2. The van der Waals surface area contributed by atoms with Crippen LogP contribution in [0.3, 0.4) is 0 Å². The maximum absolute atomic E-state index is 12.3. The fourth-order valence-corrected chi connectivity index (χ4v) is 3.17. The first-order valence-corrected chi connectivity index (χ1v) is 8.31. The molecule has 6 nitrogen and oxygen atoms in total. The first-order valence-electron chi connectivity index (χ1n) is 8.31. The second-order valence-corrected chi connectivity index (χ2v) is 5.96. The minimum Gasteiger partial charge on any atom is -0.354 e. The Morgan fingerprint density at radius 3 is 3.00 bits per heavy atom. The van der Waals surface area contributed by atoms with Gasteiger partial charge < -0.3 is 5.32 Å². The predicted octanol–water partition coefficient (Wildman–Crippen LogP) is 1.78. The Kier molecular flexibility index (Phi) is 4.69. The molecule has 1 aliphatic rings. The summed E-state index contributed by atoms with van der Waals surface area (Å²) >= 11 is 0. The number of carbonyl (C=O) groups excluding carboxylic acids is 1. The van der Waals surface area contributed by atoms with E-state index >= 15 is 0 Å². The zero-order chi connectivity index (χ0) is 16.2. The van der Waals surface area contributed by atoms with Crippen molar-refractivity contribution in [3.63, 3.8) is 0 Å². The van der Waals surface area contributed by atoms with Gasteiger partial charge in [-0.05, 0) is 44.2 Å². The molecule has 0 unspecified atom stereocenters. The molecule has 1 aliphatic carbocycles. The molecule has 2 aromatic rings. The highest BCUT2D eigenvalue weighted by Gasteiger charge is 2.19. The molecule has 23 heavy (non-hydrogen) atoms. The summed E-state index contributed by atoms with van der Waals surface area (Å²) in [6.07, 6.45) is 8.21. The van der Waals surface area contributed by atoms with Gasteiger partial charge in [0.25, 0.3) is 0 Å². The molecule has 0 saturated heterocycles. The number of hydrogen-bond donors (Lipinski definition) is 1. The van der Waals surface area contributed by atoms with Crippen LogP contribution < -0.4 is 5.32 Å². The van der Waals surface area contributed by atoms with Gasteiger partial charge in [-0.15, -0.1) is 0 Å².